The third-order valence-corrected chi connectivity index (χ3v) is 8.12. The van der Waals surface area contributed by atoms with E-state index >= 15 is 0 Å². The number of carbonyl (C=O) groups excluding carboxylic acids is 1. The molecule has 3 aromatic heterocycles. The topological polar surface area (TPSA) is 142 Å². The van der Waals surface area contributed by atoms with Crippen LogP contribution in [0.15, 0.2) is 47.7 Å². The predicted octanol–water partition coefficient (Wildman–Crippen LogP) is 3.95. The molecule has 0 atom stereocenters. The smallest absolute Gasteiger partial charge is 0.321 e. The summed E-state index contributed by atoms with van der Waals surface area (Å²) in [6, 6.07) is 7.00. The van der Waals surface area contributed by atoms with E-state index in [1.165, 1.54) is 15.9 Å². The van der Waals surface area contributed by atoms with Crippen LogP contribution < -0.4 is 21.1 Å². The fourth-order valence-electron chi connectivity index (χ4n) is 4.53. The van der Waals surface area contributed by atoms with Crippen molar-refractivity contribution in [1.82, 2.24) is 24.8 Å². The zero-order chi connectivity index (χ0) is 27.7. The lowest BCUT2D eigenvalue weighted by Crippen LogP contribution is -2.43. The monoisotopic (exact) mass is 547 g/mol. The number of aryl methyl sites for hydroxylation is 1. The molecule has 0 saturated carbocycles. The highest BCUT2D eigenvalue weighted by Gasteiger charge is 2.37. The molecule has 202 valence electrons. The van der Waals surface area contributed by atoms with Gasteiger partial charge in [0.1, 0.15) is 0 Å². The summed E-state index contributed by atoms with van der Waals surface area (Å²) in [4.78, 5) is 51.9. The van der Waals surface area contributed by atoms with Crippen LogP contribution in [0.25, 0.3) is 32.5 Å². The minimum absolute atomic E-state index is 0.135. The zero-order valence-electron chi connectivity index (χ0n) is 21.9. The molecular weight excluding hydrogens is 518 g/mol. The van der Waals surface area contributed by atoms with Gasteiger partial charge in [-0.25, -0.2) is 19.7 Å². The average molecular weight is 548 g/mol. The van der Waals surface area contributed by atoms with Gasteiger partial charge in [0, 0.05) is 62.5 Å². The van der Waals surface area contributed by atoms with Crippen molar-refractivity contribution < 1.29 is 14.7 Å². The van der Waals surface area contributed by atoms with Gasteiger partial charge in [-0.3, -0.25) is 14.9 Å². The van der Waals surface area contributed by atoms with Crippen LogP contribution in [-0.2, 0) is 11.8 Å². The Labute approximate surface area is 228 Å². The number of thiazole rings is 1. The average Bonchev–Trinajstić information content (AvgIpc) is 3.32. The molecule has 4 aromatic rings. The number of carboxylic acids is 1. The van der Waals surface area contributed by atoms with E-state index in [1.807, 2.05) is 30.0 Å². The summed E-state index contributed by atoms with van der Waals surface area (Å²) in [6.07, 6.45) is 6.25. The molecule has 3 N–H and O–H groups in total. The van der Waals surface area contributed by atoms with Crippen LogP contribution in [0.1, 0.15) is 26.7 Å². The molecular formula is C27H29N7O4S. The number of rotatable bonds is 6. The number of urea groups is 1. The Morgan fingerprint density at radius 3 is 2.46 bits per heavy atom. The standard InChI is InChI=1S/C27H29N7O4S/c1-4-28-25(38)32-26-31-20-12-17(11-19(22(20)39-26)16-5-8-33(3)21(35)13-16)18-14-29-24(30-15-18)34-9-6-27(2,7-10-34)23(36)37/h5,8,11-15H,4,6-7,9-10H2,1-3H3,(H,36,37)(H2,28,31,32,38). The maximum atomic E-state index is 12.4. The van der Waals surface area contributed by atoms with Gasteiger partial charge in [-0.2, -0.15) is 0 Å². The van der Waals surface area contributed by atoms with Crippen LogP contribution >= 0.6 is 11.3 Å². The van der Waals surface area contributed by atoms with Gasteiger partial charge >= 0.3 is 12.0 Å². The normalized spacial score (nSPS) is 14.8. The molecule has 0 radical (unpaired) electrons. The highest BCUT2D eigenvalue weighted by Crippen LogP contribution is 2.38. The number of amides is 2. The highest BCUT2D eigenvalue weighted by molar-refractivity contribution is 7.22. The van der Waals surface area contributed by atoms with Crippen LogP contribution in [0, 0.1) is 5.41 Å². The Bertz CT molecular complexity index is 1600. The molecule has 5 rings (SSSR count). The largest absolute Gasteiger partial charge is 0.481 e. The van der Waals surface area contributed by atoms with E-state index in [2.05, 4.69) is 25.6 Å². The van der Waals surface area contributed by atoms with Gasteiger partial charge in [0.05, 0.1) is 15.6 Å². The maximum Gasteiger partial charge on any atom is 0.321 e. The van der Waals surface area contributed by atoms with Crippen LogP contribution in [0.3, 0.4) is 0 Å². The number of hydrogen-bond donors (Lipinski definition) is 3. The first-order valence-electron chi connectivity index (χ1n) is 12.6. The van der Waals surface area contributed by atoms with Crippen molar-refractivity contribution in [1.29, 1.82) is 0 Å². The van der Waals surface area contributed by atoms with E-state index in [0.717, 1.165) is 27.0 Å². The lowest BCUT2D eigenvalue weighted by atomic mass is 9.80. The summed E-state index contributed by atoms with van der Waals surface area (Å²) >= 11 is 1.34. The van der Waals surface area contributed by atoms with Crippen molar-refractivity contribution in [3.8, 4) is 22.3 Å². The Kier molecular flexibility index (Phi) is 7.04. The maximum absolute atomic E-state index is 12.4. The van der Waals surface area contributed by atoms with Crippen molar-refractivity contribution in [3.05, 3.63) is 53.2 Å². The highest BCUT2D eigenvalue weighted by atomic mass is 32.1. The predicted molar refractivity (Wildman–Crippen MR) is 151 cm³/mol. The molecule has 1 saturated heterocycles. The summed E-state index contributed by atoms with van der Waals surface area (Å²) in [5, 5.41) is 15.4. The summed E-state index contributed by atoms with van der Waals surface area (Å²) in [7, 11) is 1.70. The number of anilines is 2. The Morgan fingerprint density at radius 1 is 1.10 bits per heavy atom. The van der Waals surface area contributed by atoms with E-state index in [4.69, 9.17) is 0 Å². The number of benzene rings is 1. The number of carbonyl (C=O) groups is 2. The third-order valence-electron chi connectivity index (χ3n) is 7.10. The van der Waals surface area contributed by atoms with E-state index in [0.29, 0.717) is 49.1 Å². The second-order valence-corrected chi connectivity index (χ2v) is 10.9. The van der Waals surface area contributed by atoms with Crippen molar-refractivity contribution in [2.24, 2.45) is 12.5 Å². The lowest BCUT2D eigenvalue weighted by molar-refractivity contribution is -0.149. The number of hydrogen-bond acceptors (Lipinski definition) is 8. The van der Waals surface area contributed by atoms with Crippen LogP contribution in [0.2, 0.25) is 0 Å². The molecule has 1 fully saturated rings. The van der Waals surface area contributed by atoms with E-state index < -0.39 is 11.4 Å². The molecule has 2 amide bonds. The van der Waals surface area contributed by atoms with Crippen molar-refractivity contribution in [3.63, 3.8) is 0 Å². The van der Waals surface area contributed by atoms with Gasteiger partial charge in [0.15, 0.2) is 5.13 Å². The van der Waals surface area contributed by atoms with Gasteiger partial charge in [-0.15, -0.1) is 0 Å². The van der Waals surface area contributed by atoms with Crippen molar-refractivity contribution >= 4 is 44.6 Å². The number of piperidine rings is 1. The molecule has 12 heteroatoms. The molecule has 1 aromatic carbocycles. The van der Waals surface area contributed by atoms with E-state index in [9.17, 15) is 19.5 Å². The van der Waals surface area contributed by atoms with E-state index in [-0.39, 0.29) is 11.6 Å². The van der Waals surface area contributed by atoms with Gasteiger partial charge in [0.25, 0.3) is 5.56 Å². The number of fused-ring (bicyclic) bond motifs is 1. The minimum Gasteiger partial charge on any atom is -0.481 e. The fourth-order valence-corrected chi connectivity index (χ4v) is 5.51. The Hall–Kier alpha value is -4.32. The van der Waals surface area contributed by atoms with Crippen molar-refractivity contribution in [2.75, 3.05) is 29.9 Å². The van der Waals surface area contributed by atoms with Gasteiger partial charge in [0.2, 0.25) is 5.95 Å². The Balaban J connectivity index is 1.50. The molecule has 0 unspecified atom stereocenters. The zero-order valence-corrected chi connectivity index (χ0v) is 22.7. The first-order chi connectivity index (χ1) is 18.7. The number of carboxylic acid groups (broad SMARTS) is 1. The second kappa shape index (κ2) is 10.4. The summed E-state index contributed by atoms with van der Waals surface area (Å²) in [5.74, 6) is -0.214. The first-order valence-corrected chi connectivity index (χ1v) is 13.5. The number of aliphatic carboxylic acids is 1. The van der Waals surface area contributed by atoms with E-state index in [1.54, 1.807) is 38.6 Å². The first kappa shape index (κ1) is 26.3. The second-order valence-electron chi connectivity index (χ2n) is 9.86. The van der Waals surface area contributed by atoms with Gasteiger partial charge in [-0.05, 0) is 56.0 Å². The molecule has 1 aliphatic heterocycles. The number of nitrogens with one attached hydrogen (secondary N) is 2. The molecule has 4 heterocycles. The number of nitrogens with zero attached hydrogens (tertiary/aromatic N) is 5. The molecule has 0 aliphatic carbocycles. The molecule has 0 spiro atoms. The SMILES string of the molecule is CCNC(=O)Nc1nc2cc(-c3cnc(N4CCC(C)(C(=O)O)CC4)nc3)cc(-c3ccn(C)c(=O)c3)c2s1. The van der Waals surface area contributed by atoms with Crippen LogP contribution in [-0.4, -0.2) is 56.3 Å². The number of pyridine rings is 1. The fraction of sp³-hybridized carbons (Fsp3) is 0.333. The van der Waals surface area contributed by atoms with Gasteiger partial charge in [-0.1, -0.05) is 11.3 Å². The quantitative estimate of drug-likeness (QED) is 0.329. The number of aromatic nitrogens is 4. The van der Waals surface area contributed by atoms with Crippen LogP contribution in [0.5, 0.6) is 0 Å². The molecule has 1 aliphatic rings. The van der Waals surface area contributed by atoms with Crippen LogP contribution in [0.4, 0.5) is 15.9 Å². The third kappa shape index (κ3) is 5.32. The summed E-state index contributed by atoms with van der Waals surface area (Å²) in [5.41, 5.74) is 2.96. The Morgan fingerprint density at radius 2 is 1.82 bits per heavy atom. The van der Waals surface area contributed by atoms with Crippen molar-refractivity contribution in [2.45, 2.75) is 26.7 Å². The summed E-state index contributed by atoms with van der Waals surface area (Å²) < 4.78 is 2.34. The molecule has 11 nitrogen and oxygen atoms in total. The molecule has 0 bridgehead atoms. The lowest BCUT2D eigenvalue weighted by Gasteiger charge is -2.36. The van der Waals surface area contributed by atoms with Gasteiger partial charge < -0.3 is 19.9 Å². The summed E-state index contributed by atoms with van der Waals surface area (Å²) in [6.45, 7) is 5.25. The molecule has 39 heavy (non-hydrogen) atoms. The minimum atomic E-state index is -0.771.